The topological polar surface area (TPSA) is 34.2 Å². The number of ether oxygens (including phenoxy) is 1. The zero-order chi connectivity index (χ0) is 12.5. The third-order valence-electron chi connectivity index (χ3n) is 4.09. The molecule has 18 heavy (non-hydrogen) atoms. The molecule has 2 fully saturated rings. The van der Waals surface area contributed by atoms with Crippen molar-refractivity contribution >= 4 is 0 Å². The maximum absolute atomic E-state index is 13.3. The fourth-order valence-corrected chi connectivity index (χ4v) is 3.36. The van der Waals surface area contributed by atoms with E-state index in [2.05, 4.69) is 17.2 Å². The minimum absolute atomic E-state index is 0.161. The van der Waals surface area contributed by atoms with E-state index in [1.54, 1.807) is 12.3 Å². The van der Waals surface area contributed by atoms with Crippen molar-refractivity contribution in [3.63, 3.8) is 0 Å². The number of hydrogen-bond acceptors (Lipinski definition) is 3. The number of aromatic nitrogens is 1. The van der Waals surface area contributed by atoms with Gasteiger partial charge in [0.15, 0.2) is 0 Å². The van der Waals surface area contributed by atoms with Crippen molar-refractivity contribution in [1.29, 1.82) is 0 Å². The van der Waals surface area contributed by atoms with Gasteiger partial charge in [-0.05, 0) is 37.4 Å². The normalized spacial score (nSPS) is 31.8. The quantitative estimate of drug-likeness (QED) is 0.891. The van der Waals surface area contributed by atoms with Gasteiger partial charge in [0.05, 0.1) is 18.4 Å². The molecule has 0 saturated carbocycles. The second-order valence-corrected chi connectivity index (χ2v) is 5.25. The van der Waals surface area contributed by atoms with Crippen LogP contribution in [0.3, 0.4) is 0 Å². The van der Waals surface area contributed by atoms with Gasteiger partial charge in [0.2, 0.25) is 0 Å². The van der Waals surface area contributed by atoms with Crippen molar-refractivity contribution in [2.45, 2.75) is 44.4 Å². The van der Waals surface area contributed by atoms with E-state index in [1.165, 1.54) is 12.6 Å². The summed E-state index contributed by atoms with van der Waals surface area (Å²) >= 11 is 0. The maximum atomic E-state index is 13.3. The molecule has 98 valence electrons. The van der Waals surface area contributed by atoms with E-state index in [0.29, 0.717) is 18.1 Å². The van der Waals surface area contributed by atoms with Crippen LogP contribution in [0.5, 0.6) is 0 Å². The number of halogens is 1. The summed E-state index contributed by atoms with van der Waals surface area (Å²) in [6, 6.07) is 1.75. The van der Waals surface area contributed by atoms with E-state index < -0.39 is 0 Å². The zero-order valence-electron chi connectivity index (χ0n) is 10.6. The Hall–Kier alpha value is -1.00. The molecular formula is C14H19FN2O. The molecule has 4 unspecified atom stereocenters. The van der Waals surface area contributed by atoms with Crippen molar-refractivity contribution in [1.82, 2.24) is 10.3 Å². The summed E-state index contributed by atoms with van der Waals surface area (Å²) in [5.41, 5.74) is 0.943. The molecule has 0 aromatic carbocycles. The van der Waals surface area contributed by atoms with Crippen molar-refractivity contribution in [2.75, 3.05) is 6.54 Å². The van der Waals surface area contributed by atoms with E-state index in [0.717, 1.165) is 24.9 Å². The highest BCUT2D eigenvalue weighted by atomic mass is 19.1. The molecule has 1 N–H and O–H groups in total. The first kappa shape index (κ1) is 12.1. The van der Waals surface area contributed by atoms with Crippen LogP contribution in [0.2, 0.25) is 0 Å². The SMILES string of the molecule is CCNC(c1cncc(F)c1)C1CC2CCC1O2. The highest BCUT2D eigenvalue weighted by Crippen LogP contribution is 2.44. The molecule has 0 radical (unpaired) electrons. The van der Waals surface area contributed by atoms with Crippen LogP contribution in [0.1, 0.15) is 37.8 Å². The lowest BCUT2D eigenvalue weighted by atomic mass is 9.81. The average molecular weight is 250 g/mol. The molecule has 0 amide bonds. The third-order valence-corrected chi connectivity index (χ3v) is 4.09. The number of fused-ring (bicyclic) bond motifs is 2. The Balaban J connectivity index is 1.84. The molecule has 2 aliphatic heterocycles. The smallest absolute Gasteiger partial charge is 0.141 e. The lowest BCUT2D eigenvalue weighted by Gasteiger charge is -2.29. The number of nitrogens with one attached hydrogen (secondary N) is 1. The standard InChI is InChI=1S/C14H19FN2O/c1-2-17-14(9-5-10(15)8-16-7-9)12-6-11-3-4-13(12)18-11/h5,7-8,11-14,17H,2-4,6H2,1H3. The Morgan fingerprint density at radius 3 is 3.00 bits per heavy atom. The molecule has 4 heteroatoms. The van der Waals surface area contributed by atoms with E-state index >= 15 is 0 Å². The molecule has 4 atom stereocenters. The van der Waals surface area contributed by atoms with Gasteiger partial charge in [-0.2, -0.15) is 0 Å². The van der Waals surface area contributed by atoms with Gasteiger partial charge < -0.3 is 10.1 Å². The maximum Gasteiger partial charge on any atom is 0.141 e. The fourth-order valence-electron chi connectivity index (χ4n) is 3.36. The molecule has 1 aromatic heterocycles. The second-order valence-electron chi connectivity index (χ2n) is 5.25. The van der Waals surface area contributed by atoms with Gasteiger partial charge in [-0.1, -0.05) is 6.92 Å². The first-order chi connectivity index (χ1) is 8.78. The van der Waals surface area contributed by atoms with Crippen LogP contribution >= 0.6 is 0 Å². The predicted octanol–water partition coefficient (Wildman–Crippen LogP) is 2.44. The van der Waals surface area contributed by atoms with Crippen molar-refractivity contribution in [3.8, 4) is 0 Å². The lowest BCUT2D eigenvalue weighted by molar-refractivity contribution is 0.0857. The summed E-state index contributed by atoms with van der Waals surface area (Å²) in [7, 11) is 0. The van der Waals surface area contributed by atoms with Crippen LogP contribution in [-0.2, 0) is 4.74 Å². The molecule has 0 aliphatic carbocycles. The summed E-state index contributed by atoms with van der Waals surface area (Å²) in [6.07, 6.45) is 7.18. The van der Waals surface area contributed by atoms with Crippen LogP contribution in [0, 0.1) is 11.7 Å². The highest BCUT2D eigenvalue weighted by Gasteiger charge is 2.44. The third kappa shape index (κ3) is 2.15. The number of nitrogens with zero attached hydrogens (tertiary/aromatic N) is 1. The van der Waals surface area contributed by atoms with Gasteiger partial charge in [0.25, 0.3) is 0 Å². The van der Waals surface area contributed by atoms with Gasteiger partial charge in [-0.3, -0.25) is 4.98 Å². The molecule has 2 saturated heterocycles. The number of pyridine rings is 1. The highest BCUT2D eigenvalue weighted by molar-refractivity contribution is 5.18. The Labute approximate surface area is 107 Å². The summed E-state index contributed by atoms with van der Waals surface area (Å²) < 4.78 is 19.2. The van der Waals surface area contributed by atoms with Crippen LogP contribution in [0.25, 0.3) is 0 Å². The summed E-state index contributed by atoms with van der Waals surface area (Å²) in [6.45, 7) is 2.95. The molecular weight excluding hydrogens is 231 g/mol. The minimum Gasteiger partial charge on any atom is -0.375 e. The summed E-state index contributed by atoms with van der Waals surface area (Å²) in [5, 5.41) is 3.47. The number of rotatable bonds is 4. The van der Waals surface area contributed by atoms with Crippen LogP contribution in [0.4, 0.5) is 4.39 Å². The van der Waals surface area contributed by atoms with E-state index in [1.807, 2.05) is 0 Å². The Kier molecular flexibility index (Phi) is 3.31. The van der Waals surface area contributed by atoms with Crippen molar-refractivity contribution < 1.29 is 9.13 Å². The van der Waals surface area contributed by atoms with Crippen molar-refractivity contribution in [2.24, 2.45) is 5.92 Å². The van der Waals surface area contributed by atoms with E-state index in [4.69, 9.17) is 4.74 Å². The first-order valence-electron chi connectivity index (χ1n) is 6.77. The molecule has 1 aromatic rings. The Morgan fingerprint density at radius 2 is 2.39 bits per heavy atom. The fraction of sp³-hybridized carbons (Fsp3) is 0.643. The van der Waals surface area contributed by atoms with Crippen LogP contribution in [0.15, 0.2) is 18.5 Å². The van der Waals surface area contributed by atoms with Crippen LogP contribution < -0.4 is 5.32 Å². The zero-order valence-corrected chi connectivity index (χ0v) is 10.6. The van der Waals surface area contributed by atoms with Gasteiger partial charge >= 0.3 is 0 Å². The van der Waals surface area contributed by atoms with Gasteiger partial charge in [0, 0.05) is 18.2 Å². The summed E-state index contributed by atoms with van der Waals surface area (Å²) in [5.74, 6) is 0.187. The monoisotopic (exact) mass is 250 g/mol. The molecule has 2 bridgehead atoms. The number of hydrogen-bond donors (Lipinski definition) is 1. The lowest BCUT2D eigenvalue weighted by Crippen LogP contribution is -2.33. The van der Waals surface area contributed by atoms with E-state index in [-0.39, 0.29) is 11.9 Å². The molecule has 3 rings (SSSR count). The summed E-state index contributed by atoms with van der Waals surface area (Å²) in [4.78, 5) is 3.97. The minimum atomic E-state index is -0.264. The largest absolute Gasteiger partial charge is 0.375 e. The first-order valence-corrected chi connectivity index (χ1v) is 6.77. The predicted molar refractivity (Wildman–Crippen MR) is 66.6 cm³/mol. The molecule has 2 aliphatic rings. The Morgan fingerprint density at radius 1 is 1.50 bits per heavy atom. The molecule has 3 nitrogen and oxygen atoms in total. The van der Waals surface area contributed by atoms with Gasteiger partial charge in [0.1, 0.15) is 5.82 Å². The van der Waals surface area contributed by atoms with Gasteiger partial charge in [-0.25, -0.2) is 4.39 Å². The average Bonchev–Trinajstić information content (AvgIpc) is 2.98. The van der Waals surface area contributed by atoms with E-state index in [9.17, 15) is 4.39 Å². The second kappa shape index (κ2) is 4.94. The van der Waals surface area contributed by atoms with Gasteiger partial charge in [-0.15, -0.1) is 0 Å². The Bertz CT molecular complexity index is 426. The molecule has 0 spiro atoms. The van der Waals surface area contributed by atoms with Crippen molar-refractivity contribution in [3.05, 3.63) is 29.8 Å². The molecule has 3 heterocycles. The van der Waals surface area contributed by atoms with Crippen LogP contribution in [-0.4, -0.2) is 23.7 Å².